The van der Waals surface area contributed by atoms with E-state index >= 15 is 0 Å². The van der Waals surface area contributed by atoms with Gasteiger partial charge in [0.05, 0.1) is 6.07 Å². The van der Waals surface area contributed by atoms with Crippen molar-refractivity contribution in [1.29, 1.82) is 5.26 Å². The van der Waals surface area contributed by atoms with Crippen molar-refractivity contribution in [2.45, 2.75) is 31.1 Å². The van der Waals surface area contributed by atoms with E-state index < -0.39 is 14.5 Å². The van der Waals surface area contributed by atoms with Gasteiger partial charge in [-0.1, -0.05) is 133 Å². The number of aliphatic imine (C=N–C) groups is 4. The molecule has 0 fully saturated rings. The molecule has 4 aromatic carbocycles. The molecule has 362 valence electrons. The molecular formula is C48H41B2F8FeN7O4. The molecule has 0 saturated heterocycles. The van der Waals surface area contributed by atoms with Gasteiger partial charge in [-0.2, -0.15) is 5.26 Å². The van der Waals surface area contributed by atoms with Gasteiger partial charge in [-0.05, 0) is 46.5 Å². The van der Waals surface area contributed by atoms with Gasteiger partial charge in [0.25, 0.3) is 0 Å². The molecule has 70 heavy (non-hydrogen) atoms. The molecule has 0 bridgehead atoms. The maximum Gasteiger partial charge on any atom is 2.00 e. The average Bonchev–Trinajstić information content (AvgIpc) is 4.21. The fourth-order valence-electron chi connectivity index (χ4n) is 6.79. The molecule has 0 spiro atoms. The van der Waals surface area contributed by atoms with Crippen LogP contribution in [0.5, 0.6) is 0 Å². The van der Waals surface area contributed by atoms with Crippen molar-refractivity contribution in [3.8, 4) is 6.07 Å². The molecule has 0 aliphatic carbocycles. The van der Waals surface area contributed by atoms with Gasteiger partial charge in [-0.15, -0.1) is 0 Å². The third-order valence-electron chi connectivity index (χ3n) is 9.72. The molecule has 4 atom stereocenters. The Morgan fingerprint density at radius 1 is 0.386 bits per heavy atom. The van der Waals surface area contributed by atoms with Crippen molar-refractivity contribution in [2.75, 3.05) is 26.4 Å². The molecule has 4 aliphatic rings. The molecular weight excluding hydrogens is 968 g/mol. The fourth-order valence-corrected chi connectivity index (χ4v) is 6.79. The van der Waals surface area contributed by atoms with E-state index in [2.05, 4.69) is 58.5 Å². The summed E-state index contributed by atoms with van der Waals surface area (Å²) in [6.45, 7) is 3.54. The normalized spacial score (nSPS) is 18.5. The van der Waals surface area contributed by atoms with Crippen LogP contribution in [0.3, 0.4) is 0 Å². The van der Waals surface area contributed by atoms with Gasteiger partial charge in [0.1, 0.15) is 73.4 Å². The van der Waals surface area contributed by atoms with E-state index in [1.54, 1.807) is 6.07 Å². The van der Waals surface area contributed by atoms with Crippen molar-refractivity contribution in [2.24, 2.45) is 20.0 Å². The Morgan fingerprint density at radius 3 is 0.757 bits per heavy atom. The molecule has 10 rings (SSSR count). The van der Waals surface area contributed by atoms with Gasteiger partial charge < -0.3 is 53.5 Å². The molecule has 6 heterocycles. The van der Waals surface area contributed by atoms with Gasteiger partial charge in [-0.3, -0.25) is 0 Å². The van der Waals surface area contributed by atoms with Crippen molar-refractivity contribution < 1.29 is 70.5 Å². The quantitative estimate of drug-likeness (QED) is 0.109. The van der Waals surface area contributed by atoms with Gasteiger partial charge in [0.2, 0.25) is 23.6 Å². The molecule has 0 radical (unpaired) electrons. The summed E-state index contributed by atoms with van der Waals surface area (Å²) in [5, 5.41) is 7.32. The van der Waals surface area contributed by atoms with Gasteiger partial charge in [-0.25, -0.2) is 29.9 Å². The molecule has 4 aliphatic heterocycles. The van der Waals surface area contributed by atoms with Gasteiger partial charge in [0, 0.05) is 6.92 Å². The van der Waals surface area contributed by atoms with Gasteiger partial charge >= 0.3 is 31.6 Å². The summed E-state index contributed by atoms with van der Waals surface area (Å²) >= 11 is 0. The van der Waals surface area contributed by atoms with Crippen molar-refractivity contribution in [1.82, 2.24) is 9.97 Å². The van der Waals surface area contributed by atoms with Crippen LogP contribution < -0.4 is 0 Å². The monoisotopic (exact) mass is 1010 g/mol. The minimum Gasteiger partial charge on any atom is -0.474 e. The standard InChI is InChI=1S/2C23H19N3O2.C2H3N.2BF4.Fe/c2*1-3-8-16(9-4-1)20-14-27-22(25-20)18-12-7-13-19(24-18)23-26-21(15-28-23)17-10-5-2-6-11-17;1-2-3;2*2-1(3,4)5;/h2*1-13,20-21H,14-15H2;1H3;;;/q;;;2*-1;+2/t2*20-,21+;;;;. The third kappa shape index (κ3) is 17.0. The zero-order valence-corrected chi connectivity index (χ0v) is 38.0. The third-order valence-corrected chi connectivity index (χ3v) is 9.72. The Labute approximate surface area is 408 Å². The molecule has 0 amide bonds. The van der Waals surface area contributed by atoms with Crippen LogP contribution in [-0.4, -0.2) is 74.5 Å². The van der Waals surface area contributed by atoms with E-state index in [9.17, 15) is 34.5 Å². The number of pyridine rings is 2. The van der Waals surface area contributed by atoms with Crippen molar-refractivity contribution >= 4 is 38.1 Å². The molecule has 22 heteroatoms. The summed E-state index contributed by atoms with van der Waals surface area (Å²) < 4.78 is 101. The van der Waals surface area contributed by atoms with E-state index in [-0.39, 0.29) is 41.2 Å². The van der Waals surface area contributed by atoms with E-state index in [1.807, 2.05) is 109 Å². The summed E-state index contributed by atoms with van der Waals surface area (Å²) in [5.41, 5.74) is 7.36. The first-order valence-electron chi connectivity index (χ1n) is 21.2. The molecule has 0 N–H and O–H groups in total. The Kier molecular flexibility index (Phi) is 19.8. The van der Waals surface area contributed by atoms with Crippen LogP contribution in [0, 0.1) is 11.3 Å². The Hall–Kier alpha value is -7.36. The number of benzene rings is 4. The first-order chi connectivity index (χ1) is 33.1. The Bertz CT molecular complexity index is 2400. The van der Waals surface area contributed by atoms with Crippen LogP contribution in [0.2, 0.25) is 0 Å². The number of nitriles is 1. The second-order valence-electron chi connectivity index (χ2n) is 14.7. The summed E-state index contributed by atoms with van der Waals surface area (Å²) in [6, 6.07) is 53.9. The maximum atomic E-state index is 9.75. The topological polar surface area (TPSA) is 136 Å². The second kappa shape index (κ2) is 25.8. The zero-order valence-electron chi connectivity index (χ0n) is 36.9. The SMILES string of the molecule is CC#N.F[B-](F)(F)F.F[B-](F)(F)F.[Fe+2].c1ccc([C@@H]2COC(c3cccc(C4=N[C@@H](c5ccccc5)CO4)n3)=N2)cc1.c1ccc([C@@H]2COC(c3cccc(C4=N[C@@H](c5ccccc5)CO4)n3)=N2)cc1. The van der Waals surface area contributed by atoms with Crippen LogP contribution in [0.4, 0.5) is 34.5 Å². The molecule has 11 nitrogen and oxygen atoms in total. The number of hydrogen-bond acceptors (Lipinski definition) is 11. The van der Waals surface area contributed by atoms with Crippen LogP contribution in [-0.2, 0) is 36.0 Å². The summed E-state index contributed by atoms with van der Waals surface area (Å²) in [4.78, 5) is 28.2. The van der Waals surface area contributed by atoms with Crippen molar-refractivity contribution in [3.63, 3.8) is 0 Å². The summed E-state index contributed by atoms with van der Waals surface area (Å²) in [5.74, 6) is 2.26. The average molecular weight is 1010 g/mol. The van der Waals surface area contributed by atoms with Crippen LogP contribution in [0.1, 0.15) is 76.1 Å². The predicted molar refractivity (Wildman–Crippen MR) is 247 cm³/mol. The number of nitrogens with zero attached hydrogens (tertiary/aromatic N) is 7. The summed E-state index contributed by atoms with van der Waals surface area (Å²) in [6.07, 6.45) is 0. The van der Waals surface area contributed by atoms with Crippen LogP contribution in [0.15, 0.2) is 178 Å². The maximum absolute atomic E-state index is 9.75. The second-order valence-corrected chi connectivity index (χ2v) is 14.7. The number of ether oxygens (including phenoxy) is 4. The number of halogens is 8. The molecule has 2 aromatic heterocycles. The van der Waals surface area contributed by atoms with Crippen LogP contribution >= 0.6 is 0 Å². The number of rotatable bonds is 8. The van der Waals surface area contributed by atoms with E-state index in [0.717, 1.165) is 22.3 Å². The Morgan fingerprint density at radius 2 is 0.571 bits per heavy atom. The van der Waals surface area contributed by atoms with Crippen LogP contribution in [0.25, 0.3) is 0 Å². The minimum atomic E-state index is -6.00. The number of hydrogen-bond donors (Lipinski definition) is 0. The largest absolute Gasteiger partial charge is 2.00 e. The van der Waals surface area contributed by atoms with E-state index in [0.29, 0.717) is 72.8 Å². The summed E-state index contributed by atoms with van der Waals surface area (Å²) in [7, 11) is -12.0. The predicted octanol–water partition coefficient (Wildman–Crippen LogP) is 11.4. The molecule has 0 unspecified atom stereocenters. The van der Waals surface area contributed by atoms with Crippen molar-refractivity contribution in [3.05, 3.63) is 203 Å². The van der Waals surface area contributed by atoms with E-state index in [1.165, 1.54) is 6.92 Å². The number of aromatic nitrogens is 2. The zero-order chi connectivity index (χ0) is 49.2. The fraction of sp³-hybridized carbons (Fsp3) is 0.188. The minimum absolute atomic E-state index is 0. The molecule has 6 aromatic rings. The molecule has 0 saturated carbocycles. The van der Waals surface area contributed by atoms with Gasteiger partial charge in [0.15, 0.2) is 0 Å². The first kappa shape index (κ1) is 53.6. The first-order valence-corrected chi connectivity index (χ1v) is 21.2. The smallest absolute Gasteiger partial charge is 0.474 e. The Balaban J connectivity index is 0.000000207. The van der Waals surface area contributed by atoms with E-state index in [4.69, 9.17) is 44.2 Å².